The number of unbranched alkanes of at least 4 members (excludes halogenated alkanes) is 7. The second kappa shape index (κ2) is 41.8. The number of phosphoric acid groups is 1. The van der Waals surface area contributed by atoms with Crippen LogP contribution in [0.3, 0.4) is 0 Å². The number of nitrogens with two attached hydrogens (primary N) is 1. The van der Waals surface area contributed by atoms with Crippen LogP contribution in [0.2, 0.25) is 0 Å². The van der Waals surface area contributed by atoms with Gasteiger partial charge in [0.1, 0.15) is 6.61 Å². The SMILES string of the molecule is CC/C=C\C/C=C\C/C=C\C/C=C\C/C=C\CCCCCC(=O)O[C@H](COC(=O)CCC/C=C/C/C=C\C[C@H](O)/C=C\C=C/CCCCC)COP(=O)(O)OCCN. The highest BCUT2D eigenvalue weighted by Gasteiger charge is 2.25. The summed E-state index contributed by atoms with van der Waals surface area (Å²) in [7, 11) is -4.42. The van der Waals surface area contributed by atoms with Crippen molar-refractivity contribution in [3.05, 3.63) is 109 Å². The zero-order chi connectivity index (χ0) is 42.6. The molecule has 0 radical (unpaired) electrons. The van der Waals surface area contributed by atoms with E-state index in [0.29, 0.717) is 25.7 Å². The third kappa shape index (κ3) is 40.8. The average Bonchev–Trinajstić information content (AvgIpc) is 3.21. The van der Waals surface area contributed by atoms with Crippen molar-refractivity contribution in [3.63, 3.8) is 0 Å². The number of hydrogen-bond donors (Lipinski definition) is 3. The lowest BCUT2D eigenvalue weighted by Crippen LogP contribution is -2.29. The van der Waals surface area contributed by atoms with Gasteiger partial charge in [0.15, 0.2) is 6.10 Å². The maximum Gasteiger partial charge on any atom is 0.472 e. The van der Waals surface area contributed by atoms with Gasteiger partial charge in [-0.1, -0.05) is 142 Å². The molecule has 58 heavy (non-hydrogen) atoms. The van der Waals surface area contributed by atoms with Gasteiger partial charge in [-0.15, -0.1) is 0 Å². The van der Waals surface area contributed by atoms with Gasteiger partial charge in [0.2, 0.25) is 0 Å². The molecule has 0 aromatic rings. The van der Waals surface area contributed by atoms with Crippen molar-refractivity contribution in [1.29, 1.82) is 0 Å². The Morgan fingerprint density at radius 1 is 0.621 bits per heavy atom. The van der Waals surface area contributed by atoms with Crippen LogP contribution in [0.15, 0.2) is 109 Å². The molecule has 0 aliphatic rings. The maximum absolute atomic E-state index is 12.6. The second-order valence-electron chi connectivity index (χ2n) is 13.7. The summed E-state index contributed by atoms with van der Waals surface area (Å²) in [5.74, 6) is -0.987. The van der Waals surface area contributed by atoms with E-state index in [1.165, 1.54) is 19.3 Å². The topological polar surface area (TPSA) is 155 Å². The van der Waals surface area contributed by atoms with Crippen LogP contribution in [0.4, 0.5) is 0 Å². The Hall–Kier alpha value is -3.37. The van der Waals surface area contributed by atoms with Gasteiger partial charge in [0.25, 0.3) is 0 Å². The summed E-state index contributed by atoms with van der Waals surface area (Å²) in [5, 5.41) is 10.1. The number of esters is 2. The smallest absolute Gasteiger partial charge is 0.462 e. The number of hydrogen-bond acceptors (Lipinski definition) is 9. The lowest BCUT2D eigenvalue weighted by Gasteiger charge is -2.19. The lowest BCUT2D eigenvalue weighted by atomic mass is 10.1. The Kier molecular flexibility index (Phi) is 39.4. The van der Waals surface area contributed by atoms with Gasteiger partial charge >= 0.3 is 19.8 Å². The Labute approximate surface area is 351 Å². The van der Waals surface area contributed by atoms with E-state index in [-0.39, 0.29) is 32.6 Å². The molecule has 0 aliphatic carbocycles. The molecule has 0 heterocycles. The summed E-state index contributed by atoms with van der Waals surface area (Å²) in [4.78, 5) is 34.9. The molecule has 3 atom stereocenters. The molecule has 0 fully saturated rings. The number of aliphatic hydroxyl groups excluding tert-OH is 1. The second-order valence-corrected chi connectivity index (χ2v) is 15.1. The molecule has 0 saturated heterocycles. The van der Waals surface area contributed by atoms with Crippen molar-refractivity contribution in [2.24, 2.45) is 5.73 Å². The van der Waals surface area contributed by atoms with Gasteiger partial charge in [-0.25, -0.2) is 4.57 Å². The van der Waals surface area contributed by atoms with Gasteiger partial charge in [0.05, 0.1) is 19.3 Å². The van der Waals surface area contributed by atoms with Crippen LogP contribution < -0.4 is 5.73 Å². The van der Waals surface area contributed by atoms with Gasteiger partial charge in [0, 0.05) is 19.4 Å². The summed E-state index contributed by atoms with van der Waals surface area (Å²) in [6.45, 7) is 3.36. The van der Waals surface area contributed by atoms with Crippen molar-refractivity contribution in [2.75, 3.05) is 26.4 Å². The normalized spacial score (nSPS) is 14.9. The fourth-order valence-corrected chi connectivity index (χ4v) is 5.79. The number of phosphoric ester groups is 1. The van der Waals surface area contributed by atoms with E-state index >= 15 is 0 Å². The van der Waals surface area contributed by atoms with Crippen molar-refractivity contribution in [3.8, 4) is 0 Å². The van der Waals surface area contributed by atoms with Crippen molar-refractivity contribution >= 4 is 19.8 Å². The first-order valence-corrected chi connectivity index (χ1v) is 23.0. The van der Waals surface area contributed by atoms with E-state index in [1.807, 2.05) is 36.5 Å². The quantitative estimate of drug-likeness (QED) is 0.0180. The summed E-state index contributed by atoms with van der Waals surface area (Å²) >= 11 is 0. The third-order valence-electron chi connectivity index (χ3n) is 8.22. The molecule has 0 rings (SSSR count). The van der Waals surface area contributed by atoms with E-state index in [0.717, 1.165) is 64.2 Å². The van der Waals surface area contributed by atoms with Crippen LogP contribution in [0, 0.1) is 0 Å². The third-order valence-corrected chi connectivity index (χ3v) is 9.21. The monoisotopic (exact) mass is 830 g/mol. The first kappa shape index (κ1) is 54.6. The molecule has 328 valence electrons. The summed E-state index contributed by atoms with van der Waals surface area (Å²) in [5.41, 5.74) is 5.34. The highest BCUT2D eigenvalue weighted by atomic mass is 31.2. The number of allylic oxidation sites excluding steroid dienone is 16. The van der Waals surface area contributed by atoms with Crippen LogP contribution in [0.1, 0.15) is 136 Å². The summed E-state index contributed by atoms with van der Waals surface area (Å²) < 4.78 is 32.6. The summed E-state index contributed by atoms with van der Waals surface area (Å²) in [6, 6.07) is 0. The minimum absolute atomic E-state index is 0.0242. The van der Waals surface area contributed by atoms with Crippen LogP contribution in [-0.4, -0.2) is 60.5 Å². The molecule has 4 N–H and O–H groups in total. The molecule has 0 aromatic carbocycles. The molecule has 0 amide bonds. The van der Waals surface area contributed by atoms with E-state index < -0.39 is 38.6 Å². The van der Waals surface area contributed by atoms with E-state index in [4.69, 9.17) is 24.3 Å². The molecule has 11 heteroatoms. The Morgan fingerprint density at radius 2 is 1.17 bits per heavy atom. The lowest BCUT2D eigenvalue weighted by molar-refractivity contribution is -0.161. The molecule has 0 aromatic heterocycles. The molecular formula is C47H76NO9P. The van der Waals surface area contributed by atoms with E-state index in [2.05, 4.69) is 80.7 Å². The number of carbonyl (C=O) groups is 2. The first-order chi connectivity index (χ1) is 28.2. The van der Waals surface area contributed by atoms with Crippen LogP contribution in [-0.2, 0) is 32.7 Å². The number of aliphatic hydroxyl groups is 1. The Morgan fingerprint density at radius 3 is 1.79 bits per heavy atom. The average molecular weight is 830 g/mol. The predicted molar refractivity (Wildman–Crippen MR) is 239 cm³/mol. The molecule has 0 spiro atoms. The Balaban J connectivity index is 4.41. The van der Waals surface area contributed by atoms with Crippen LogP contribution >= 0.6 is 7.82 Å². The number of ether oxygens (including phenoxy) is 2. The fourth-order valence-electron chi connectivity index (χ4n) is 5.03. The van der Waals surface area contributed by atoms with Crippen molar-refractivity contribution in [2.45, 2.75) is 148 Å². The molecule has 10 nitrogen and oxygen atoms in total. The zero-order valence-corrected chi connectivity index (χ0v) is 36.5. The zero-order valence-electron chi connectivity index (χ0n) is 35.6. The minimum Gasteiger partial charge on any atom is -0.462 e. The molecule has 0 bridgehead atoms. The maximum atomic E-state index is 12.6. The Bertz CT molecular complexity index is 1330. The van der Waals surface area contributed by atoms with Crippen molar-refractivity contribution < 1.29 is 42.7 Å². The molecular weight excluding hydrogens is 753 g/mol. The van der Waals surface area contributed by atoms with Crippen molar-refractivity contribution in [1.82, 2.24) is 0 Å². The van der Waals surface area contributed by atoms with E-state index in [9.17, 15) is 24.2 Å². The van der Waals surface area contributed by atoms with Gasteiger partial charge in [-0.05, 0) is 89.9 Å². The highest BCUT2D eigenvalue weighted by molar-refractivity contribution is 7.47. The standard InChI is InChI=1S/C47H76NO9P/c1-3-5-7-9-11-12-13-14-15-16-17-18-19-20-21-22-26-31-35-39-47(51)57-45(43-56-58(52,53)55-41-40-48)42-54-46(50)38-34-30-27-23-25-29-33-37-44(49)36-32-28-24-10-8-6-4-2/h5,7,11-12,14-15,17-18,20-21,23-24,27-29,32-33,36,44-45,49H,3-4,6,8-10,13,16,19,22,25-26,30-31,34-35,37-43,48H2,1-2H3,(H,52,53)/b7-5-,12-11-,15-14-,18-17-,21-20-,27-23+,28-24-,33-29-,36-32-/t44-,45-/m1/s1. The minimum atomic E-state index is -4.42. The van der Waals surface area contributed by atoms with Gasteiger partial charge < -0.3 is 25.2 Å². The van der Waals surface area contributed by atoms with Crippen LogP contribution in [0.25, 0.3) is 0 Å². The van der Waals surface area contributed by atoms with Gasteiger partial charge in [-0.3, -0.25) is 18.6 Å². The highest BCUT2D eigenvalue weighted by Crippen LogP contribution is 2.43. The number of rotatable bonds is 38. The predicted octanol–water partition coefficient (Wildman–Crippen LogP) is 11.4. The fraction of sp³-hybridized carbons (Fsp3) is 0.574. The van der Waals surface area contributed by atoms with Gasteiger partial charge in [-0.2, -0.15) is 0 Å². The molecule has 0 saturated carbocycles. The number of carbonyl (C=O) groups excluding carboxylic acids is 2. The largest absolute Gasteiger partial charge is 0.472 e. The van der Waals surface area contributed by atoms with Crippen LogP contribution in [0.5, 0.6) is 0 Å². The molecule has 1 unspecified atom stereocenters. The summed E-state index contributed by atoms with van der Waals surface area (Å²) in [6.07, 6.45) is 51.5. The first-order valence-electron chi connectivity index (χ1n) is 21.5. The van der Waals surface area contributed by atoms with E-state index in [1.54, 1.807) is 6.08 Å². The molecule has 0 aliphatic heterocycles.